The average Bonchev–Trinajstić information content (AvgIpc) is 2.61. The summed E-state index contributed by atoms with van der Waals surface area (Å²) in [4.78, 5) is 0. The van der Waals surface area contributed by atoms with E-state index in [1.807, 2.05) is 6.92 Å². The first-order valence-corrected chi connectivity index (χ1v) is 12.8. The second kappa shape index (κ2) is 11.1. The molecule has 0 radical (unpaired) electrons. The van der Waals surface area contributed by atoms with Gasteiger partial charge < -0.3 is 4.43 Å². The SMILES string of the molecule is CCCCCCCCC(CCC)O[Si](C)(C)c1c(F)c(F)c(F)c(F)c1F. The maximum atomic E-state index is 14.2. The zero-order chi connectivity index (χ0) is 20.6. The Balaban J connectivity index is 2.89. The van der Waals surface area contributed by atoms with Crippen LogP contribution in [0.5, 0.6) is 0 Å². The minimum absolute atomic E-state index is 0.238. The molecule has 0 aliphatic rings. The molecule has 0 aliphatic carbocycles. The van der Waals surface area contributed by atoms with Crippen molar-refractivity contribution in [3.63, 3.8) is 0 Å². The summed E-state index contributed by atoms with van der Waals surface area (Å²) in [7, 11) is -3.33. The van der Waals surface area contributed by atoms with Gasteiger partial charge in [-0.15, -0.1) is 0 Å². The maximum Gasteiger partial charge on any atom is 0.225 e. The van der Waals surface area contributed by atoms with Gasteiger partial charge >= 0.3 is 0 Å². The molecule has 0 saturated carbocycles. The highest BCUT2D eigenvalue weighted by Crippen LogP contribution is 2.24. The van der Waals surface area contributed by atoms with Gasteiger partial charge in [0.25, 0.3) is 0 Å². The van der Waals surface area contributed by atoms with Crippen LogP contribution in [0.1, 0.15) is 71.6 Å². The number of unbranched alkanes of at least 4 members (excludes halogenated alkanes) is 5. The molecule has 1 atom stereocenters. The fraction of sp³-hybridized carbons (Fsp3) is 0.700. The van der Waals surface area contributed by atoms with Crippen LogP contribution >= 0.6 is 0 Å². The van der Waals surface area contributed by atoms with E-state index in [-0.39, 0.29) is 6.10 Å². The third kappa shape index (κ3) is 6.56. The van der Waals surface area contributed by atoms with E-state index in [0.717, 1.165) is 32.1 Å². The van der Waals surface area contributed by atoms with Crippen molar-refractivity contribution in [3.8, 4) is 0 Å². The summed E-state index contributed by atoms with van der Waals surface area (Å²) in [6, 6.07) is 0. The third-order valence-corrected chi connectivity index (χ3v) is 7.33. The molecule has 0 spiro atoms. The zero-order valence-corrected chi connectivity index (χ0v) is 17.7. The molecule has 7 heteroatoms. The maximum absolute atomic E-state index is 14.2. The first-order chi connectivity index (χ1) is 12.7. The lowest BCUT2D eigenvalue weighted by molar-refractivity contribution is 0.170. The van der Waals surface area contributed by atoms with Crippen LogP contribution in [0.3, 0.4) is 0 Å². The Kier molecular flexibility index (Phi) is 9.94. The first kappa shape index (κ1) is 24.1. The molecule has 1 nitrogen and oxygen atoms in total. The average molecular weight is 411 g/mol. The first-order valence-electron chi connectivity index (χ1n) is 9.87. The van der Waals surface area contributed by atoms with E-state index < -0.39 is 42.6 Å². The van der Waals surface area contributed by atoms with Crippen LogP contribution < -0.4 is 5.19 Å². The van der Waals surface area contributed by atoms with Crippen LogP contribution in [0.25, 0.3) is 0 Å². The predicted octanol–water partition coefficient (Wildman–Crippen LogP) is 6.73. The fourth-order valence-corrected chi connectivity index (χ4v) is 5.81. The molecule has 1 aromatic carbocycles. The molecule has 0 saturated heterocycles. The summed E-state index contributed by atoms with van der Waals surface area (Å²) in [5.74, 6) is -9.47. The molecule has 1 unspecified atom stereocenters. The van der Waals surface area contributed by atoms with E-state index in [1.54, 1.807) is 0 Å². The molecule has 0 N–H and O–H groups in total. The van der Waals surface area contributed by atoms with Crippen molar-refractivity contribution >= 4 is 13.5 Å². The number of hydrogen-bond donors (Lipinski definition) is 0. The van der Waals surface area contributed by atoms with Gasteiger partial charge in [0.15, 0.2) is 23.3 Å². The predicted molar refractivity (Wildman–Crippen MR) is 101 cm³/mol. The molecule has 0 aromatic heterocycles. The van der Waals surface area contributed by atoms with Crippen molar-refractivity contribution in [3.05, 3.63) is 29.1 Å². The van der Waals surface area contributed by atoms with E-state index in [9.17, 15) is 22.0 Å². The van der Waals surface area contributed by atoms with E-state index in [2.05, 4.69) is 6.92 Å². The summed E-state index contributed by atoms with van der Waals surface area (Å²) in [6.07, 6.45) is 8.67. The van der Waals surface area contributed by atoms with Crippen LogP contribution in [0.15, 0.2) is 0 Å². The lowest BCUT2D eigenvalue weighted by Crippen LogP contribution is -2.51. The normalized spacial score (nSPS) is 13.2. The highest BCUT2D eigenvalue weighted by atomic mass is 28.4. The van der Waals surface area contributed by atoms with Crippen molar-refractivity contribution in [2.24, 2.45) is 0 Å². The van der Waals surface area contributed by atoms with Crippen molar-refractivity contribution in [1.82, 2.24) is 0 Å². The molecule has 0 amide bonds. The molecule has 1 aromatic rings. The van der Waals surface area contributed by atoms with Crippen LogP contribution in [0.2, 0.25) is 13.1 Å². The van der Waals surface area contributed by atoms with Crippen molar-refractivity contribution in [2.75, 3.05) is 0 Å². The Morgan fingerprint density at radius 1 is 0.667 bits per heavy atom. The number of rotatable bonds is 12. The lowest BCUT2D eigenvalue weighted by atomic mass is 10.0. The highest BCUT2D eigenvalue weighted by Gasteiger charge is 2.39. The van der Waals surface area contributed by atoms with Gasteiger partial charge in [0, 0.05) is 11.3 Å². The second-order valence-electron chi connectivity index (χ2n) is 7.54. The Bertz CT molecular complexity index is 578. The lowest BCUT2D eigenvalue weighted by Gasteiger charge is -2.30. The van der Waals surface area contributed by atoms with Crippen LogP contribution in [-0.2, 0) is 4.43 Å². The largest absolute Gasteiger partial charge is 0.410 e. The van der Waals surface area contributed by atoms with Gasteiger partial charge in [0.1, 0.15) is 0 Å². The molecule has 0 aliphatic heterocycles. The van der Waals surface area contributed by atoms with Gasteiger partial charge in [-0.3, -0.25) is 0 Å². The third-order valence-electron chi connectivity index (χ3n) is 4.76. The quantitative estimate of drug-likeness (QED) is 0.122. The van der Waals surface area contributed by atoms with Crippen molar-refractivity contribution < 1.29 is 26.4 Å². The van der Waals surface area contributed by atoms with Gasteiger partial charge in [0.2, 0.25) is 14.1 Å². The molecule has 27 heavy (non-hydrogen) atoms. The Morgan fingerprint density at radius 3 is 1.67 bits per heavy atom. The number of benzene rings is 1. The van der Waals surface area contributed by atoms with Crippen molar-refractivity contribution in [2.45, 2.75) is 90.8 Å². The standard InChI is InChI=1S/C20H31F5OSi/c1-5-7-8-9-10-11-13-14(12-6-2)26-27(3,4)20-18(24)16(22)15(21)17(23)19(20)25/h14H,5-13H2,1-4H3. The summed E-state index contributed by atoms with van der Waals surface area (Å²) in [5, 5.41) is -0.775. The van der Waals surface area contributed by atoms with E-state index in [4.69, 9.17) is 4.43 Å². The van der Waals surface area contributed by atoms with E-state index in [1.165, 1.54) is 32.4 Å². The molecular weight excluding hydrogens is 379 g/mol. The molecule has 156 valence electrons. The summed E-state index contributed by atoms with van der Waals surface area (Å²) >= 11 is 0. The molecular formula is C20H31F5OSi. The van der Waals surface area contributed by atoms with Gasteiger partial charge in [-0.05, 0) is 25.9 Å². The Morgan fingerprint density at radius 2 is 1.15 bits per heavy atom. The van der Waals surface area contributed by atoms with Gasteiger partial charge in [-0.25, -0.2) is 22.0 Å². The smallest absolute Gasteiger partial charge is 0.225 e. The Hall–Kier alpha value is -0.953. The van der Waals surface area contributed by atoms with E-state index in [0.29, 0.717) is 6.42 Å². The number of halogens is 5. The minimum Gasteiger partial charge on any atom is -0.410 e. The van der Waals surface area contributed by atoms with Gasteiger partial charge in [-0.1, -0.05) is 58.8 Å². The summed E-state index contributed by atoms with van der Waals surface area (Å²) in [5.41, 5.74) is 0. The monoisotopic (exact) mass is 410 g/mol. The molecule has 0 fully saturated rings. The highest BCUT2D eigenvalue weighted by molar-refractivity contribution is 6.84. The fourth-order valence-electron chi connectivity index (χ4n) is 3.35. The van der Waals surface area contributed by atoms with Gasteiger partial charge in [-0.2, -0.15) is 0 Å². The van der Waals surface area contributed by atoms with Crippen LogP contribution in [0.4, 0.5) is 22.0 Å². The molecule has 1 rings (SSSR count). The Labute approximate surface area is 160 Å². The zero-order valence-electron chi connectivity index (χ0n) is 16.7. The number of hydrogen-bond acceptors (Lipinski definition) is 1. The second-order valence-corrected chi connectivity index (χ2v) is 11.3. The minimum atomic E-state index is -3.33. The van der Waals surface area contributed by atoms with Gasteiger partial charge in [0.05, 0.1) is 0 Å². The van der Waals surface area contributed by atoms with Crippen LogP contribution in [-0.4, -0.2) is 14.4 Å². The van der Waals surface area contributed by atoms with E-state index >= 15 is 0 Å². The van der Waals surface area contributed by atoms with Crippen molar-refractivity contribution in [1.29, 1.82) is 0 Å². The molecule has 0 bridgehead atoms. The topological polar surface area (TPSA) is 9.23 Å². The summed E-state index contributed by atoms with van der Waals surface area (Å²) < 4.78 is 74.9. The van der Waals surface area contributed by atoms with Crippen LogP contribution in [0, 0.1) is 29.1 Å². The molecule has 0 heterocycles. The summed E-state index contributed by atoms with van der Waals surface area (Å²) in [6.45, 7) is 7.09.